The molecule has 2 atom stereocenters. The maximum absolute atomic E-state index is 2.60. The Kier molecular flexibility index (Phi) is 4.81. The third kappa shape index (κ3) is 3.16. The summed E-state index contributed by atoms with van der Waals surface area (Å²) in [5, 5.41) is 0. The highest BCUT2D eigenvalue weighted by molar-refractivity contribution is 5.88. The second-order valence-corrected chi connectivity index (χ2v) is 7.53. The smallest absolute Gasteiger partial charge is 0.255 e. The van der Waals surface area contributed by atoms with Gasteiger partial charge in [0.25, 0.3) is 5.84 Å². The first kappa shape index (κ1) is 17.5. The van der Waals surface area contributed by atoms with E-state index in [1.807, 2.05) is 0 Å². The molecular formula is C25H27N2+. The lowest BCUT2D eigenvalue weighted by molar-refractivity contribution is -0.479. The monoisotopic (exact) mass is 355 g/mol. The maximum atomic E-state index is 2.60. The van der Waals surface area contributed by atoms with Gasteiger partial charge in [-0.15, -0.1) is 0 Å². The molecule has 1 aliphatic rings. The van der Waals surface area contributed by atoms with E-state index >= 15 is 0 Å². The van der Waals surface area contributed by atoms with E-state index < -0.39 is 0 Å². The molecule has 0 amide bonds. The minimum atomic E-state index is 0.200. The molecule has 0 bridgehead atoms. The predicted octanol–water partition coefficient (Wildman–Crippen LogP) is 5.14. The fraction of sp³-hybridized carbons (Fsp3) is 0.240. The van der Waals surface area contributed by atoms with Gasteiger partial charge in [0.2, 0.25) is 0 Å². The second kappa shape index (κ2) is 7.40. The average Bonchev–Trinajstić information content (AvgIpc) is 2.70. The largest absolute Gasteiger partial charge is 0.271 e. The van der Waals surface area contributed by atoms with Crippen LogP contribution in [0.5, 0.6) is 0 Å². The second-order valence-electron chi connectivity index (χ2n) is 7.53. The molecule has 2 nitrogen and oxygen atoms in total. The van der Waals surface area contributed by atoms with E-state index in [4.69, 9.17) is 0 Å². The van der Waals surface area contributed by atoms with E-state index in [9.17, 15) is 0 Å². The third-order valence-corrected chi connectivity index (χ3v) is 5.55. The number of nitrogens with zero attached hydrogens (tertiary/aromatic N) is 2. The van der Waals surface area contributed by atoms with Crippen LogP contribution in [0.3, 0.4) is 0 Å². The van der Waals surface area contributed by atoms with E-state index in [2.05, 4.69) is 121 Å². The Balaban J connectivity index is 1.87. The Morgan fingerprint density at radius 2 is 1.15 bits per heavy atom. The van der Waals surface area contributed by atoms with Gasteiger partial charge in [-0.25, -0.2) is 4.90 Å². The Morgan fingerprint density at radius 3 is 1.59 bits per heavy atom. The zero-order valence-electron chi connectivity index (χ0n) is 16.3. The normalized spacial score (nSPS) is 19.1. The molecule has 27 heavy (non-hydrogen) atoms. The molecule has 136 valence electrons. The standard InChI is InChI=1S/C25H27N2/c1-19-23(20-13-7-4-8-14-20)27(25(19)26(2)3)24(21-15-9-5-10-16-21)22-17-11-6-12-18-22/h4-19,23-24H,1-3H3/q+1/t19-,23-/m0/s1. The van der Waals surface area contributed by atoms with Crippen molar-refractivity contribution >= 4 is 5.84 Å². The van der Waals surface area contributed by atoms with Gasteiger partial charge < -0.3 is 0 Å². The van der Waals surface area contributed by atoms with E-state index in [-0.39, 0.29) is 6.04 Å². The highest BCUT2D eigenvalue weighted by atomic mass is 15.3. The van der Waals surface area contributed by atoms with Crippen LogP contribution in [0, 0.1) is 5.92 Å². The van der Waals surface area contributed by atoms with Crippen LogP contribution in [0.1, 0.15) is 35.7 Å². The van der Waals surface area contributed by atoms with Crippen LogP contribution in [-0.4, -0.2) is 29.4 Å². The zero-order valence-corrected chi connectivity index (χ0v) is 16.3. The quantitative estimate of drug-likeness (QED) is 0.587. The van der Waals surface area contributed by atoms with Crippen molar-refractivity contribution in [1.29, 1.82) is 0 Å². The summed E-state index contributed by atoms with van der Waals surface area (Å²) in [6.07, 6.45) is 0. The fourth-order valence-corrected chi connectivity index (χ4v) is 4.49. The molecule has 2 heteroatoms. The van der Waals surface area contributed by atoms with E-state index in [1.54, 1.807) is 0 Å². The van der Waals surface area contributed by atoms with Crippen molar-refractivity contribution in [3.63, 3.8) is 0 Å². The van der Waals surface area contributed by atoms with Gasteiger partial charge in [-0.1, -0.05) is 91.0 Å². The molecule has 0 N–H and O–H groups in total. The molecule has 0 aromatic heterocycles. The lowest BCUT2D eigenvalue weighted by Gasteiger charge is -2.47. The van der Waals surface area contributed by atoms with Crippen molar-refractivity contribution in [2.75, 3.05) is 14.1 Å². The lowest BCUT2D eigenvalue weighted by Crippen LogP contribution is -2.58. The van der Waals surface area contributed by atoms with Gasteiger partial charge in [-0.05, 0) is 12.5 Å². The van der Waals surface area contributed by atoms with Crippen LogP contribution in [0.15, 0.2) is 91.0 Å². The molecule has 0 spiro atoms. The number of benzene rings is 3. The first-order valence-corrected chi connectivity index (χ1v) is 9.66. The molecule has 0 saturated carbocycles. The van der Waals surface area contributed by atoms with Crippen LogP contribution in [0.25, 0.3) is 0 Å². The average molecular weight is 356 g/mol. The number of likely N-dealkylation sites (tertiary alicyclic amines) is 1. The predicted molar refractivity (Wildman–Crippen MR) is 112 cm³/mol. The summed E-state index contributed by atoms with van der Waals surface area (Å²) >= 11 is 0. The van der Waals surface area contributed by atoms with Gasteiger partial charge in [0.05, 0.1) is 14.1 Å². The first-order chi connectivity index (χ1) is 13.2. The first-order valence-electron chi connectivity index (χ1n) is 9.66. The highest BCUT2D eigenvalue weighted by Gasteiger charge is 2.54. The molecule has 3 aromatic rings. The van der Waals surface area contributed by atoms with Crippen molar-refractivity contribution in [2.45, 2.75) is 19.0 Å². The Bertz CT molecular complexity index is 873. The van der Waals surface area contributed by atoms with Crippen LogP contribution in [0.4, 0.5) is 0 Å². The molecule has 1 heterocycles. The van der Waals surface area contributed by atoms with Crippen molar-refractivity contribution in [1.82, 2.24) is 4.90 Å². The van der Waals surface area contributed by atoms with E-state index in [1.165, 1.54) is 22.5 Å². The summed E-state index contributed by atoms with van der Waals surface area (Å²) in [5.74, 6) is 1.87. The molecule has 0 aliphatic carbocycles. The van der Waals surface area contributed by atoms with Crippen LogP contribution >= 0.6 is 0 Å². The number of hydrogen-bond acceptors (Lipinski definition) is 0. The summed E-state index contributed by atoms with van der Waals surface area (Å²) in [5.41, 5.74) is 4.04. The highest BCUT2D eigenvalue weighted by Crippen LogP contribution is 2.47. The molecular weight excluding hydrogens is 328 g/mol. The van der Waals surface area contributed by atoms with Crippen LogP contribution < -0.4 is 0 Å². The zero-order chi connectivity index (χ0) is 18.8. The molecule has 1 aliphatic heterocycles. The van der Waals surface area contributed by atoms with Gasteiger partial charge in [0.15, 0.2) is 0 Å². The molecule has 1 saturated heterocycles. The summed E-state index contributed by atoms with van der Waals surface area (Å²) in [4.78, 5) is 2.60. The van der Waals surface area contributed by atoms with Crippen molar-refractivity contribution in [3.8, 4) is 0 Å². The third-order valence-electron chi connectivity index (χ3n) is 5.55. The lowest BCUT2D eigenvalue weighted by atomic mass is 9.79. The molecule has 4 rings (SSSR count). The minimum Gasteiger partial charge on any atom is -0.271 e. The molecule has 0 radical (unpaired) electrons. The van der Waals surface area contributed by atoms with Crippen molar-refractivity contribution < 1.29 is 4.58 Å². The summed E-state index contributed by atoms with van der Waals surface area (Å²) in [6.45, 7) is 2.34. The number of rotatable bonds is 4. The molecule has 3 aromatic carbocycles. The fourth-order valence-electron chi connectivity index (χ4n) is 4.49. The minimum absolute atomic E-state index is 0.200. The molecule has 1 fully saturated rings. The number of amidine groups is 1. The topological polar surface area (TPSA) is 6.25 Å². The van der Waals surface area contributed by atoms with Gasteiger partial charge in [0.1, 0.15) is 18.0 Å². The van der Waals surface area contributed by atoms with E-state index in [0.717, 1.165) is 0 Å². The van der Waals surface area contributed by atoms with Gasteiger partial charge in [0, 0.05) is 11.1 Å². The van der Waals surface area contributed by atoms with E-state index in [0.29, 0.717) is 12.0 Å². The number of hydrogen-bond donors (Lipinski definition) is 0. The SMILES string of the molecule is C[C@@H]1C(=[N+](C)C)N(C(c2ccccc2)c2ccccc2)[C@@H]1c1ccccc1. The van der Waals surface area contributed by atoms with Gasteiger partial charge in [-0.3, -0.25) is 4.58 Å². The van der Waals surface area contributed by atoms with Crippen LogP contribution in [0.2, 0.25) is 0 Å². The Morgan fingerprint density at radius 1 is 0.704 bits per heavy atom. The van der Waals surface area contributed by atoms with Crippen molar-refractivity contribution in [2.24, 2.45) is 5.92 Å². The van der Waals surface area contributed by atoms with Gasteiger partial charge >= 0.3 is 0 Å². The summed E-state index contributed by atoms with van der Waals surface area (Å²) in [6, 6.07) is 33.2. The van der Waals surface area contributed by atoms with Gasteiger partial charge in [-0.2, -0.15) is 0 Å². The Labute approximate surface area is 162 Å². The maximum Gasteiger partial charge on any atom is 0.255 e. The van der Waals surface area contributed by atoms with Crippen LogP contribution in [-0.2, 0) is 0 Å². The molecule has 0 unspecified atom stereocenters. The summed E-state index contributed by atoms with van der Waals surface area (Å²) < 4.78 is 2.28. The Hall–Kier alpha value is -2.87. The van der Waals surface area contributed by atoms with Crippen molar-refractivity contribution in [3.05, 3.63) is 108 Å². The summed E-state index contributed by atoms with van der Waals surface area (Å²) in [7, 11) is 4.32.